The van der Waals surface area contributed by atoms with Gasteiger partial charge in [0.15, 0.2) is 5.75 Å². The lowest BCUT2D eigenvalue weighted by molar-refractivity contribution is 0.268. The van der Waals surface area contributed by atoms with E-state index in [-0.39, 0.29) is 5.43 Å². The summed E-state index contributed by atoms with van der Waals surface area (Å²) in [4.78, 5) is 14.3. The molecule has 0 amide bonds. The third-order valence-corrected chi connectivity index (χ3v) is 1.94. The Labute approximate surface area is 88.1 Å². The number of aromatic amines is 1. The molecule has 0 radical (unpaired) electrons. The zero-order chi connectivity index (χ0) is 10.6. The Morgan fingerprint density at radius 1 is 1.57 bits per heavy atom. The van der Waals surface area contributed by atoms with Crippen LogP contribution in [0.15, 0.2) is 17.1 Å². The number of rotatable bonds is 4. The topological polar surface area (TPSA) is 42.1 Å². The highest BCUT2D eigenvalue weighted by atomic mass is 35.5. The molecule has 0 spiro atoms. The Morgan fingerprint density at radius 2 is 2.29 bits per heavy atom. The first-order valence-electron chi connectivity index (χ1n) is 4.54. The van der Waals surface area contributed by atoms with Gasteiger partial charge in [-0.2, -0.15) is 0 Å². The van der Waals surface area contributed by atoms with Crippen LogP contribution in [0.5, 0.6) is 5.75 Å². The molecule has 1 N–H and O–H groups in total. The highest BCUT2D eigenvalue weighted by Crippen LogP contribution is 2.05. The van der Waals surface area contributed by atoms with E-state index in [1.54, 1.807) is 6.20 Å². The molecule has 3 nitrogen and oxygen atoms in total. The fourth-order valence-electron chi connectivity index (χ4n) is 0.947. The molecular formula is C10H14ClNO2. The molecule has 0 bridgehead atoms. The fourth-order valence-corrected chi connectivity index (χ4v) is 1.10. The maximum atomic E-state index is 11.4. The Balaban J connectivity index is 2.74. The third-order valence-electron chi connectivity index (χ3n) is 1.65. The van der Waals surface area contributed by atoms with Gasteiger partial charge in [0.25, 0.3) is 0 Å². The minimum absolute atomic E-state index is 0.125. The maximum absolute atomic E-state index is 11.4. The van der Waals surface area contributed by atoms with E-state index >= 15 is 0 Å². The number of hydrogen-bond acceptors (Lipinski definition) is 2. The highest BCUT2D eigenvalue weighted by Gasteiger charge is 2.02. The van der Waals surface area contributed by atoms with E-state index in [2.05, 4.69) is 4.98 Å². The summed E-state index contributed by atoms with van der Waals surface area (Å²) in [6.45, 7) is 4.60. The van der Waals surface area contributed by atoms with Crippen molar-refractivity contribution in [3.63, 3.8) is 0 Å². The van der Waals surface area contributed by atoms with Gasteiger partial charge in [0.2, 0.25) is 5.43 Å². The van der Waals surface area contributed by atoms with E-state index < -0.39 is 0 Å². The number of hydrogen-bond donors (Lipinski definition) is 1. The second kappa shape index (κ2) is 5.05. The second-order valence-corrected chi connectivity index (χ2v) is 3.79. The summed E-state index contributed by atoms with van der Waals surface area (Å²) >= 11 is 5.57. The normalized spacial score (nSPS) is 10.6. The largest absolute Gasteiger partial charge is 0.488 e. The average molecular weight is 216 g/mol. The minimum Gasteiger partial charge on any atom is -0.488 e. The van der Waals surface area contributed by atoms with E-state index in [0.29, 0.717) is 29.8 Å². The van der Waals surface area contributed by atoms with Gasteiger partial charge in [-0.15, -0.1) is 11.6 Å². The monoisotopic (exact) mass is 215 g/mol. The second-order valence-electron chi connectivity index (χ2n) is 3.53. The number of halogens is 1. The Bertz CT molecular complexity index is 346. The minimum atomic E-state index is -0.125. The van der Waals surface area contributed by atoms with Gasteiger partial charge in [-0.3, -0.25) is 4.79 Å². The summed E-state index contributed by atoms with van der Waals surface area (Å²) in [5.41, 5.74) is 0.577. The van der Waals surface area contributed by atoms with Gasteiger partial charge in [0.05, 0.1) is 12.5 Å². The van der Waals surface area contributed by atoms with Gasteiger partial charge in [0.1, 0.15) is 0 Å². The Hall–Kier alpha value is -0.960. The highest BCUT2D eigenvalue weighted by molar-refractivity contribution is 6.16. The van der Waals surface area contributed by atoms with Crippen LogP contribution in [0.25, 0.3) is 0 Å². The van der Waals surface area contributed by atoms with Crippen molar-refractivity contribution in [2.45, 2.75) is 19.7 Å². The zero-order valence-electron chi connectivity index (χ0n) is 8.34. The van der Waals surface area contributed by atoms with E-state index in [9.17, 15) is 4.79 Å². The number of pyridine rings is 1. The standard InChI is InChI=1S/C10H14ClNO2/c1-7(2)6-14-10-5-12-8(4-11)3-9(10)13/h3,5,7H,4,6H2,1-2H3,(H,12,13). The molecule has 0 fully saturated rings. The first-order chi connectivity index (χ1) is 6.63. The predicted octanol–water partition coefficient (Wildman–Crippen LogP) is 2.15. The SMILES string of the molecule is CC(C)COc1c[nH]c(CCl)cc1=O. The van der Waals surface area contributed by atoms with Gasteiger partial charge in [-0.1, -0.05) is 13.8 Å². The molecule has 4 heteroatoms. The zero-order valence-corrected chi connectivity index (χ0v) is 9.10. The average Bonchev–Trinajstić information content (AvgIpc) is 2.15. The van der Waals surface area contributed by atoms with E-state index in [0.717, 1.165) is 0 Å². The van der Waals surface area contributed by atoms with Gasteiger partial charge < -0.3 is 9.72 Å². The smallest absolute Gasteiger partial charge is 0.223 e. The molecule has 0 saturated carbocycles. The lowest BCUT2D eigenvalue weighted by Crippen LogP contribution is -2.12. The van der Waals surface area contributed by atoms with Crippen LogP contribution >= 0.6 is 11.6 Å². The Kier molecular flexibility index (Phi) is 4.01. The summed E-state index contributed by atoms with van der Waals surface area (Å²) in [5.74, 6) is 1.06. The summed E-state index contributed by atoms with van der Waals surface area (Å²) in [7, 11) is 0. The van der Waals surface area contributed by atoms with Crippen LogP contribution in [0, 0.1) is 5.92 Å². The molecule has 78 valence electrons. The van der Waals surface area contributed by atoms with Crippen molar-refractivity contribution in [2.24, 2.45) is 5.92 Å². The maximum Gasteiger partial charge on any atom is 0.223 e. The molecule has 0 aromatic carbocycles. The molecule has 1 aromatic heterocycles. The number of H-pyrrole nitrogens is 1. The molecule has 0 unspecified atom stereocenters. The fraction of sp³-hybridized carbons (Fsp3) is 0.500. The van der Waals surface area contributed by atoms with Crippen LogP contribution in [0.1, 0.15) is 19.5 Å². The van der Waals surface area contributed by atoms with Crippen molar-refractivity contribution in [3.05, 3.63) is 28.2 Å². The van der Waals surface area contributed by atoms with Crippen LogP contribution in [0.3, 0.4) is 0 Å². The molecule has 0 atom stereocenters. The molecular weight excluding hydrogens is 202 g/mol. The lowest BCUT2D eigenvalue weighted by atomic mass is 10.2. The van der Waals surface area contributed by atoms with Crippen LogP contribution in [0.2, 0.25) is 0 Å². The molecule has 1 rings (SSSR count). The van der Waals surface area contributed by atoms with E-state index in [1.807, 2.05) is 13.8 Å². The number of alkyl halides is 1. The molecule has 0 saturated heterocycles. The first kappa shape index (κ1) is 11.1. The number of aromatic nitrogens is 1. The molecule has 0 aliphatic carbocycles. The van der Waals surface area contributed by atoms with Crippen molar-refractivity contribution < 1.29 is 4.74 Å². The molecule has 14 heavy (non-hydrogen) atoms. The van der Waals surface area contributed by atoms with E-state index in [1.165, 1.54) is 6.07 Å². The quantitative estimate of drug-likeness (QED) is 0.782. The van der Waals surface area contributed by atoms with E-state index in [4.69, 9.17) is 16.3 Å². The van der Waals surface area contributed by atoms with Crippen molar-refractivity contribution in [2.75, 3.05) is 6.61 Å². The van der Waals surface area contributed by atoms with Crippen molar-refractivity contribution in [1.29, 1.82) is 0 Å². The van der Waals surface area contributed by atoms with Crippen molar-refractivity contribution >= 4 is 11.6 Å². The van der Waals surface area contributed by atoms with Gasteiger partial charge in [0, 0.05) is 18.0 Å². The summed E-state index contributed by atoms with van der Waals surface area (Å²) in [6, 6.07) is 1.46. The van der Waals surface area contributed by atoms with Gasteiger partial charge in [-0.25, -0.2) is 0 Å². The number of nitrogens with one attached hydrogen (secondary N) is 1. The molecule has 0 aliphatic heterocycles. The van der Waals surface area contributed by atoms with Crippen LogP contribution < -0.4 is 10.2 Å². The van der Waals surface area contributed by atoms with Gasteiger partial charge >= 0.3 is 0 Å². The number of ether oxygens (including phenoxy) is 1. The third kappa shape index (κ3) is 3.07. The Morgan fingerprint density at radius 3 is 2.79 bits per heavy atom. The molecule has 0 aliphatic rings. The summed E-state index contributed by atoms with van der Waals surface area (Å²) < 4.78 is 5.31. The first-order valence-corrected chi connectivity index (χ1v) is 5.07. The molecule has 1 aromatic rings. The van der Waals surface area contributed by atoms with Crippen molar-refractivity contribution in [1.82, 2.24) is 4.98 Å². The van der Waals surface area contributed by atoms with Crippen molar-refractivity contribution in [3.8, 4) is 5.75 Å². The van der Waals surface area contributed by atoms with Crippen LogP contribution in [0.4, 0.5) is 0 Å². The lowest BCUT2D eigenvalue weighted by Gasteiger charge is -2.07. The summed E-state index contributed by atoms with van der Waals surface area (Å²) in [5, 5.41) is 0. The predicted molar refractivity (Wildman–Crippen MR) is 57.0 cm³/mol. The van der Waals surface area contributed by atoms with Crippen LogP contribution in [-0.4, -0.2) is 11.6 Å². The van der Waals surface area contributed by atoms with Crippen LogP contribution in [-0.2, 0) is 5.88 Å². The van der Waals surface area contributed by atoms with Gasteiger partial charge in [-0.05, 0) is 5.92 Å². The summed E-state index contributed by atoms with van der Waals surface area (Å²) in [6.07, 6.45) is 1.56. The molecule has 1 heterocycles.